The highest BCUT2D eigenvalue weighted by atomic mass is 19.1. The molecule has 0 spiro atoms. The summed E-state index contributed by atoms with van der Waals surface area (Å²) >= 11 is 0. The van der Waals surface area contributed by atoms with Crippen LogP contribution in [0.4, 0.5) is 8.78 Å². The fourth-order valence-corrected chi connectivity index (χ4v) is 2.28. The van der Waals surface area contributed by atoms with Gasteiger partial charge in [0.2, 0.25) is 0 Å². The zero-order chi connectivity index (χ0) is 12.6. The van der Waals surface area contributed by atoms with Crippen LogP contribution in [0.25, 0.3) is 0 Å². The van der Waals surface area contributed by atoms with E-state index < -0.39 is 17.6 Å². The Bertz CT molecular complexity index is 445. The van der Waals surface area contributed by atoms with Crippen molar-refractivity contribution in [1.82, 2.24) is 0 Å². The predicted molar refractivity (Wildman–Crippen MR) is 58.6 cm³/mol. The van der Waals surface area contributed by atoms with Crippen molar-refractivity contribution in [3.8, 4) is 0 Å². The maximum Gasteiger partial charge on any atom is 0.306 e. The van der Waals surface area contributed by atoms with Crippen molar-refractivity contribution in [2.24, 2.45) is 11.8 Å². The van der Waals surface area contributed by atoms with Crippen LogP contribution in [0, 0.1) is 23.5 Å². The summed E-state index contributed by atoms with van der Waals surface area (Å²) in [6, 6.07) is 3.39. The Hall–Kier alpha value is -1.45. The van der Waals surface area contributed by atoms with Gasteiger partial charge in [0, 0.05) is 0 Å². The lowest BCUT2D eigenvalue weighted by Crippen LogP contribution is -2.04. The molecule has 0 radical (unpaired) electrons. The van der Waals surface area contributed by atoms with Gasteiger partial charge >= 0.3 is 5.97 Å². The van der Waals surface area contributed by atoms with Crippen molar-refractivity contribution in [3.05, 3.63) is 35.4 Å². The Morgan fingerprint density at radius 1 is 1.53 bits per heavy atom. The smallest absolute Gasteiger partial charge is 0.306 e. The predicted octanol–water partition coefficient (Wildman–Crippen LogP) is 3.18. The van der Waals surface area contributed by atoms with Crippen molar-refractivity contribution in [3.63, 3.8) is 0 Å². The van der Waals surface area contributed by atoms with Gasteiger partial charge in [0.15, 0.2) is 0 Å². The van der Waals surface area contributed by atoms with Crippen LogP contribution in [-0.2, 0) is 4.79 Å². The molecule has 0 saturated heterocycles. The Labute approximate surface area is 98.3 Å². The maximum absolute atomic E-state index is 13.5. The molecule has 1 fully saturated rings. The van der Waals surface area contributed by atoms with Crippen LogP contribution in [0.2, 0.25) is 0 Å². The normalized spacial score (nSPS) is 24.4. The molecule has 0 heterocycles. The van der Waals surface area contributed by atoms with E-state index in [1.807, 2.05) is 0 Å². The van der Waals surface area contributed by atoms with Crippen molar-refractivity contribution >= 4 is 5.97 Å². The Balaban J connectivity index is 2.03. The molecule has 1 aliphatic rings. The molecule has 0 amide bonds. The lowest BCUT2D eigenvalue weighted by atomic mass is 9.94. The third-order valence-electron chi connectivity index (χ3n) is 3.39. The lowest BCUT2D eigenvalue weighted by Gasteiger charge is -2.12. The largest absolute Gasteiger partial charge is 0.481 e. The Morgan fingerprint density at radius 3 is 2.82 bits per heavy atom. The van der Waals surface area contributed by atoms with Crippen molar-refractivity contribution in [2.75, 3.05) is 0 Å². The van der Waals surface area contributed by atoms with Gasteiger partial charge in [-0.05, 0) is 48.4 Å². The van der Waals surface area contributed by atoms with Gasteiger partial charge in [0.25, 0.3) is 0 Å². The zero-order valence-corrected chi connectivity index (χ0v) is 9.49. The minimum absolute atomic E-state index is 0.102. The Morgan fingerprint density at radius 2 is 2.24 bits per heavy atom. The fraction of sp³-hybridized carbons (Fsp3) is 0.462. The van der Waals surface area contributed by atoms with Gasteiger partial charge in [-0.3, -0.25) is 4.79 Å². The van der Waals surface area contributed by atoms with E-state index >= 15 is 0 Å². The highest BCUT2D eigenvalue weighted by molar-refractivity contribution is 5.73. The quantitative estimate of drug-likeness (QED) is 0.877. The van der Waals surface area contributed by atoms with Gasteiger partial charge in [0.1, 0.15) is 11.6 Å². The summed E-state index contributed by atoms with van der Waals surface area (Å²) in [5, 5.41) is 8.77. The number of benzene rings is 1. The summed E-state index contributed by atoms with van der Waals surface area (Å²) < 4.78 is 26.5. The summed E-state index contributed by atoms with van der Waals surface area (Å²) in [5.74, 6) is -2.02. The minimum Gasteiger partial charge on any atom is -0.481 e. The average molecular weight is 240 g/mol. The zero-order valence-electron chi connectivity index (χ0n) is 9.49. The van der Waals surface area contributed by atoms with Gasteiger partial charge in [-0.15, -0.1) is 0 Å². The van der Waals surface area contributed by atoms with Gasteiger partial charge in [-0.25, -0.2) is 8.78 Å². The first-order chi connectivity index (χ1) is 7.99. The second-order valence-corrected chi connectivity index (χ2v) is 4.74. The number of aliphatic carboxylic acids is 1. The van der Waals surface area contributed by atoms with Gasteiger partial charge in [0.05, 0.1) is 5.92 Å². The summed E-state index contributed by atoms with van der Waals surface area (Å²) in [5.41, 5.74) is 0.334. The molecule has 92 valence electrons. The molecular weight excluding hydrogens is 226 g/mol. The van der Waals surface area contributed by atoms with Crippen LogP contribution in [-0.4, -0.2) is 11.1 Å². The van der Waals surface area contributed by atoms with E-state index in [-0.39, 0.29) is 17.8 Å². The summed E-state index contributed by atoms with van der Waals surface area (Å²) in [6.45, 7) is 1.80. The first-order valence-electron chi connectivity index (χ1n) is 5.66. The van der Waals surface area contributed by atoms with Crippen molar-refractivity contribution < 1.29 is 18.7 Å². The molecule has 1 aromatic carbocycles. The number of halogens is 2. The van der Waals surface area contributed by atoms with Crippen LogP contribution in [0.1, 0.15) is 31.2 Å². The molecule has 3 unspecified atom stereocenters. The summed E-state index contributed by atoms with van der Waals surface area (Å²) in [7, 11) is 0. The topological polar surface area (TPSA) is 37.3 Å². The Kier molecular flexibility index (Phi) is 3.13. The lowest BCUT2D eigenvalue weighted by molar-refractivity contribution is -0.138. The number of carboxylic acids is 1. The van der Waals surface area contributed by atoms with Crippen LogP contribution in [0.5, 0.6) is 0 Å². The van der Waals surface area contributed by atoms with Gasteiger partial charge in [-0.1, -0.05) is 6.92 Å². The highest BCUT2D eigenvalue weighted by Crippen LogP contribution is 2.45. The third kappa shape index (κ3) is 2.62. The van der Waals surface area contributed by atoms with Crippen LogP contribution in [0.15, 0.2) is 18.2 Å². The molecule has 1 aromatic rings. The summed E-state index contributed by atoms with van der Waals surface area (Å²) in [6.07, 6.45) is 1.24. The van der Waals surface area contributed by atoms with Crippen molar-refractivity contribution in [2.45, 2.75) is 25.7 Å². The average Bonchev–Trinajstić information content (AvgIpc) is 3.01. The molecule has 17 heavy (non-hydrogen) atoms. The second kappa shape index (κ2) is 4.43. The molecular formula is C13H14F2O2. The number of hydrogen-bond donors (Lipinski definition) is 1. The molecule has 1 saturated carbocycles. The standard InChI is InChI=1S/C13H14F2O2/c1-7(4-8-5-11(8)13(16)17)10-6-9(14)2-3-12(10)15/h2-3,6-8,11H,4-5H2,1H3,(H,16,17). The molecule has 4 heteroatoms. The monoisotopic (exact) mass is 240 g/mol. The molecule has 2 rings (SSSR count). The van der Waals surface area contributed by atoms with E-state index in [4.69, 9.17) is 5.11 Å². The number of carboxylic acid groups (broad SMARTS) is 1. The van der Waals surface area contributed by atoms with Gasteiger partial charge in [-0.2, -0.15) is 0 Å². The number of rotatable bonds is 4. The number of hydrogen-bond acceptors (Lipinski definition) is 1. The first kappa shape index (κ1) is 12.0. The minimum atomic E-state index is -0.790. The van der Waals surface area contributed by atoms with Crippen LogP contribution >= 0.6 is 0 Å². The van der Waals surface area contributed by atoms with Crippen LogP contribution in [0.3, 0.4) is 0 Å². The molecule has 0 aliphatic heterocycles. The van der Waals surface area contributed by atoms with Crippen LogP contribution < -0.4 is 0 Å². The van der Waals surface area contributed by atoms with E-state index in [1.54, 1.807) is 6.92 Å². The van der Waals surface area contributed by atoms with E-state index in [1.165, 1.54) is 6.07 Å². The molecule has 1 aliphatic carbocycles. The van der Waals surface area contributed by atoms with Crippen molar-refractivity contribution in [1.29, 1.82) is 0 Å². The first-order valence-corrected chi connectivity index (χ1v) is 5.66. The highest BCUT2D eigenvalue weighted by Gasteiger charge is 2.43. The molecule has 1 N–H and O–H groups in total. The molecule has 3 atom stereocenters. The molecule has 2 nitrogen and oxygen atoms in total. The van der Waals surface area contributed by atoms with E-state index in [9.17, 15) is 13.6 Å². The van der Waals surface area contributed by atoms with E-state index in [2.05, 4.69) is 0 Å². The number of carbonyl (C=O) groups is 1. The maximum atomic E-state index is 13.5. The fourth-order valence-electron chi connectivity index (χ4n) is 2.28. The summed E-state index contributed by atoms with van der Waals surface area (Å²) in [4.78, 5) is 10.7. The second-order valence-electron chi connectivity index (χ2n) is 4.74. The SMILES string of the molecule is CC(CC1CC1C(=O)O)c1cc(F)ccc1F. The third-order valence-corrected chi connectivity index (χ3v) is 3.39. The van der Waals surface area contributed by atoms with Gasteiger partial charge < -0.3 is 5.11 Å². The van der Waals surface area contributed by atoms with E-state index in [0.29, 0.717) is 18.4 Å². The van der Waals surface area contributed by atoms with E-state index in [0.717, 1.165) is 12.1 Å². The molecule has 0 bridgehead atoms. The molecule has 0 aromatic heterocycles.